The van der Waals surface area contributed by atoms with Gasteiger partial charge in [0.25, 0.3) is 0 Å². The molecule has 1 atom stereocenters. The lowest BCUT2D eigenvalue weighted by molar-refractivity contribution is 0.0357. The zero-order valence-corrected chi connectivity index (χ0v) is 21.5. The monoisotopic (exact) mass is 498 g/mol. The Balaban J connectivity index is 0.00000148. The van der Waals surface area contributed by atoms with Gasteiger partial charge >= 0.3 is 0 Å². The maximum absolute atomic E-state index is 6.12. The molecule has 1 aromatic carbocycles. The Hall–Kier alpha value is -3.15. The number of hydrogen-bond acceptors (Lipinski definition) is 10. The molecule has 1 fully saturated rings. The number of fused-ring (bicyclic) bond motifs is 3. The molecule has 0 aliphatic carbocycles. The highest BCUT2D eigenvalue weighted by Gasteiger charge is 2.20. The van der Waals surface area contributed by atoms with E-state index in [1.807, 2.05) is 32.2 Å². The van der Waals surface area contributed by atoms with Crippen molar-refractivity contribution < 1.29 is 14.2 Å². The zero-order valence-electron chi connectivity index (χ0n) is 21.5. The van der Waals surface area contributed by atoms with Crippen molar-refractivity contribution in [3.63, 3.8) is 0 Å². The summed E-state index contributed by atoms with van der Waals surface area (Å²) in [6.07, 6.45) is 4.13. The second-order valence-electron chi connectivity index (χ2n) is 8.41. The molecule has 4 N–H and O–H groups in total. The van der Waals surface area contributed by atoms with Crippen molar-refractivity contribution in [2.24, 2.45) is 15.7 Å². The maximum Gasteiger partial charge on any atom is 0.227 e. The van der Waals surface area contributed by atoms with Crippen LogP contribution in [0.4, 0.5) is 5.82 Å². The number of aliphatic imine (C=N–C) groups is 1. The molecule has 0 saturated carbocycles. The van der Waals surface area contributed by atoms with Crippen molar-refractivity contribution in [2.45, 2.75) is 33.1 Å². The Morgan fingerprint density at radius 1 is 1.22 bits per heavy atom. The largest absolute Gasteiger partial charge is 0.491 e. The fourth-order valence-corrected chi connectivity index (χ4v) is 4.37. The molecular formula is C25H38N8O3. The van der Waals surface area contributed by atoms with Crippen molar-refractivity contribution in [2.75, 3.05) is 65.0 Å². The van der Waals surface area contributed by atoms with E-state index in [9.17, 15) is 0 Å². The van der Waals surface area contributed by atoms with E-state index in [2.05, 4.69) is 25.1 Å². The summed E-state index contributed by atoms with van der Waals surface area (Å²) < 4.78 is 19.4. The second kappa shape index (κ2) is 12.7. The predicted molar refractivity (Wildman–Crippen MR) is 142 cm³/mol. The van der Waals surface area contributed by atoms with E-state index in [4.69, 9.17) is 29.9 Å². The van der Waals surface area contributed by atoms with Crippen molar-refractivity contribution >= 4 is 22.9 Å². The summed E-state index contributed by atoms with van der Waals surface area (Å²) in [6, 6.07) is 4.01. The summed E-state index contributed by atoms with van der Waals surface area (Å²) in [6.45, 7) is 11.3. The number of nitrogens with one attached hydrogen (secondary N) is 2. The highest BCUT2D eigenvalue weighted by atomic mass is 16.5. The van der Waals surface area contributed by atoms with E-state index in [1.165, 1.54) is 0 Å². The number of anilines is 1. The van der Waals surface area contributed by atoms with Gasteiger partial charge in [-0.15, -0.1) is 0 Å². The quantitative estimate of drug-likeness (QED) is 0.466. The molecule has 11 heteroatoms. The van der Waals surface area contributed by atoms with Gasteiger partial charge in [-0.25, -0.2) is 9.98 Å². The number of morpholine rings is 1. The maximum atomic E-state index is 6.12. The van der Waals surface area contributed by atoms with Gasteiger partial charge in [-0.1, -0.05) is 13.8 Å². The molecule has 36 heavy (non-hydrogen) atoms. The van der Waals surface area contributed by atoms with Crippen LogP contribution in [0.3, 0.4) is 0 Å². The molecule has 0 bridgehead atoms. The standard InChI is InChI=1S/C23H32N8O3.C2H6/c1-32-20-18(34-10-2-6-30-8-11-33-12-9-30)4-3-17-19(20)29-23(31-7-5-25-21(17)31)28-15-16-13-26-22(24)27-14-16;1-2/h3-4,13-14,22,25-26H,2,5-12,15,24H2,1H3;1-2H3. The van der Waals surface area contributed by atoms with Crippen LogP contribution in [0.15, 0.2) is 33.9 Å². The van der Waals surface area contributed by atoms with E-state index >= 15 is 0 Å². The molecule has 0 radical (unpaired) electrons. The van der Waals surface area contributed by atoms with Crippen LogP contribution in [-0.4, -0.2) is 86.6 Å². The molecule has 2 aromatic rings. The minimum Gasteiger partial charge on any atom is -0.491 e. The molecule has 1 saturated heterocycles. The van der Waals surface area contributed by atoms with Gasteiger partial charge in [-0.2, -0.15) is 0 Å². The summed E-state index contributed by atoms with van der Waals surface area (Å²) in [7, 11) is 1.65. The van der Waals surface area contributed by atoms with Crippen molar-refractivity contribution in [1.82, 2.24) is 19.8 Å². The predicted octanol–water partition coefficient (Wildman–Crippen LogP) is 1.30. The van der Waals surface area contributed by atoms with Gasteiger partial charge < -0.3 is 24.8 Å². The molecule has 3 aliphatic rings. The zero-order chi connectivity index (χ0) is 25.3. The third-order valence-corrected chi connectivity index (χ3v) is 6.13. The Labute approximate surface area is 212 Å². The SMILES string of the molecule is CC.COc1c(OCCCN2CCOCC2)ccc2c3n(c(=NCC4=CNC(N)N=C4)nc12)CCN3. The molecule has 0 spiro atoms. The smallest absolute Gasteiger partial charge is 0.227 e. The molecule has 1 unspecified atom stereocenters. The Morgan fingerprint density at radius 2 is 2.06 bits per heavy atom. The molecule has 3 aliphatic heterocycles. The number of methoxy groups -OCH3 is 1. The van der Waals surface area contributed by atoms with E-state index in [1.54, 1.807) is 13.3 Å². The van der Waals surface area contributed by atoms with Crippen LogP contribution < -0.4 is 31.5 Å². The topological polar surface area (TPSA) is 124 Å². The molecule has 196 valence electrons. The van der Waals surface area contributed by atoms with Crippen LogP contribution >= 0.6 is 0 Å². The van der Waals surface area contributed by atoms with E-state index in [-0.39, 0.29) is 0 Å². The number of nitrogens with zero attached hydrogens (tertiary/aromatic N) is 5. The molecule has 5 rings (SSSR count). The molecular weight excluding hydrogens is 460 g/mol. The van der Waals surface area contributed by atoms with Crippen LogP contribution in [0.1, 0.15) is 20.3 Å². The molecule has 11 nitrogen and oxygen atoms in total. The fraction of sp³-hybridized carbons (Fsp3) is 0.560. The third kappa shape index (κ3) is 5.97. The second-order valence-corrected chi connectivity index (χ2v) is 8.41. The van der Waals surface area contributed by atoms with E-state index < -0.39 is 6.29 Å². The number of nitrogens with two attached hydrogens (primary N) is 1. The van der Waals surface area contributed by atoms with E-state index in [0.29, 0.717) is 30.3 Å². The first-order valence-corrected chi connectivity index (χ1v) is 12.8. The number of ether oxygens (including phenoxy) is 3. The Kier molecular flexibility index (Phi) is 9.15. The average Bonchev–Trinajstić information content (AvgIpc) is 3.43. The van der Waals surface area contributed by atoms with Gasteiger partial charge in [0.2, 0.25) is 5.62 Å². The van der Waals surface area contributed by atoms with Gasteiger partial charge in [-0.3, -0.25) is 20.2 Å². The molecule has 4 heterocycles. The first-order valence-electron chi connectivity index (χ1n) is 12.8. The Morgan fingerprint density at radius 3 is 2.81 bits per heavy atom. The summed E-state index contributed by atoms with van der Waals surface area (Å²) in [5.74, 6) is 2.31. The lowest BCUT2D eigenvalue weighted by atomic mass is 10.2. The van der Waals surface area contributed by atoms with Crippen molar-refractivity contribution in [3.05, 3.63) is 29.5 Å². The van der Waals surface area contributed by atoms with Gasteiger partial charge in [0.1, 0.15) is 11.3 Å². The number of rotatable bonds is 8. The molecule has 1 aromatic heterocycles. The lowest BCUT2D eigenvalue weighted by Crippen LogP contribution is -2.37. The van der Waals surface area contributed by atoms with Crippen LogP contribution in [-0.2, 0) is 11.3 Å². The molecule has 0 amide bonds. The van der Waals surface area contributed by atoms with Crippen LogP contribution in [0.5, 0.6) is 11.5 Å². The van der Waals surface area contributed by atoms with Gasteiger partial charge in [0.15, 0.2) is 17.8 Å². The van der Waals surface area contributed by atoms with Crippen molar-refractivity contribution in [1.29, 1.82) is 0 Å². The van der Waals surface area contributed by atoms with E-state index in [0.717, 1.165) is 74.7 Å². The van der Waals surface area contributed by atoms with Gasteiger partial charge in [-0.05, 0) is 18.6 Å². The minimum atomic E-state index is -0.401. The first-order chi connectivity index (χ1) is 17.7. The first kappa shape index (κ1) is 25.9. The summed E-state index contributed by atoms with van der Waals surface area (Å²) >= 11 is 0. The van der Waals surface area contributed by atoms with Crippen molar-refractivity contribution in [3.8, 4) is 11.5 Å². The highest BCUT2D eigenvalue weighted by molar-refractivity contribution is 5.95. The minimum absolute atomic E-state index is 0.401. The normalized spacial score (nSPS) is 19.6. The number of benzene rings is 1. The summed E-state index contributed by atoms with van der Waals surface area (Å²) in [5, 5.41) is 7.45. The van der Waals surface area contributed by atoms with Crippen LogP contribution in [0, 0.1) is 0 Å². The van der Waals surface area contributed by atoms with Crippen LogP contribution in [0.25, 0.3) is 10.9 Å². The van der Waals surface area contributed by atoms with Gasteiger partial charge in [0, 0.05) is 56.1 Å². The lowest BCUT2D eigenvalue weighted by Gasteiger charge is -2.26. The summed E-state index contributed by atoms with van der Waals surface area (Å²) in [4.78, 5) is 16.2. The third-order valence-electron chi connectivity index (χ3n) is 6.13. The average molecular weight is 499 g/mol. The highest BCUT2D eigenvalue weighted by Crippen LogP contribution is 2.37. The van der Waals surface area contributed by atoms with Gasteiger partial charge in [0.05, 0.1) is 33.5 Å². The summed E-state index contributed by atoms with van der Waals surface area (Å²) in [5.41, 5.74) is 8.04. The Bertz CT molecular complexity index is 1150. The van der Waals surface area contributed by atoms with Crippen LogP contribution in [0.2, 0.25) is 0 Å². The fourth-order valence-electron chi connectivity index (χ4n) is 4.37. The number of aromatic nitrogens is 2. The number of hydrogen-bond donors (Lipinski definition) is 3.